The van der Waals surface area contributed by atoms with Crippen LogP contribution in [-0.4, -0.2) is 36.5 Å². The summed E-state index contributed by atoms with van der Waals surface area (Å²) in [6.07, 6.45) is -0.815. The van der Waals surface area contributed by atoms with Gasteiger partial charge in [-0.05, 0) is 31.2 Å². The Morgan fingerprint density at radius 1 is 1.15 bits per heavy atom. The highest BCUT2D eigenvalue weighted by molar-refractivity contribution is 5.80. The number of Topliss-reactive ketones (excluding diaryl/α,β-unsaturated/α-hetero) is 1. The fourth-order valence-electron chi connectivity index (χ4n) is 1.26. The Hall–Kier alpha value is -2.57. The van der Waals surface area contributed by atoms with Gasteiger partial charge in [0.05, 0.1) is 13.6 Å². The first-order valence-electron chi connectivity index (χ1n) is 5.86. The van der Waals surface area contributed by atoms with Gasteiger partial charge in [-0.15, -0.1) is 5.06 Å². The number of hydrogen-bond acceptors (Lipinski definition) is 6. The molecule has 0 bridgehead atoms. The Kier molecular flexibility index (Phi) is 5.52. The molecule has 1 amide bonds. The lowest BCUT2D eigenvalue weighted by molar-refractivity contribution is -0.171. The minimum absolute atomic E-state index is 0.0171. The van der Waals surface area contributed by atoms with Crippen LogP contribution in [0.4, 0.5) is 10.5 Å². The number of amides is 1. The first-order valence-corrected chi connectivity index (χ1v) is 5.86. The van der Waals surface area contributed by atoms with Gasteiger partial charge in [0, 0.05) is 12.6 Å². The van der Waals surface area contributed by atoms with Gasteiger partial charge >= 0.3 is 12.1 Å². The fourth-order valence-corrected chi connectivity index (χ4v) is 1.26. The average Bonchev–Trinajstić information content (AvgIpc) is 2.37. The smallest absolute Gasteiger partial charge is 0.408 e. The number of carbonyl (C=O) groups is 3. The Balaban J connectivity index is 2.54. The minimum atomic E-state index is -0.815. The van der Waals surface area contributed by atoms with Crippen LogP contribution in [0.1, 0.15) is 13.8 Å². The standard InChI is InChI=1S/C13H16N2O5/c1-9(16)8-14-11-4-6-12(7-5-11)19-13(18)15(3)20-10(2)17/h4-7,14H,8H2,1-3H3. The van der Waals surface area contributed by atoms with Crippen molar-refractivity contribution in [2.24, 2.45) is 0 Å². The average molecular weight is 280 g/mol. The van der Waals surface area contributed by atoms with Crippen molar-refractivity contribution in [2.45, 2.75) is 13.8 Å². The number of rotatable bonds is 4. The molecule has 0 aliphatic heterocycles. The molecule has 1 N–H and O–H groups in total. The summed E-state index contributed by atoms with van der Waals surface area (Å²) < 4.78 is 4.97. The van der Waals surface area contributed by atoms with Crippen molar-refractivity contribution in [1.82, 2.24) is 5.06 Å². The summed E-state index contributed by atoms with van der Waals surface area (Å²) >= 11 is 0. The predicted octanol–water partition coefficient (Wildman–Crippen LogP) is 1.60. The van der Waals surface area contributed by atoms with E-state index in [9.17, 15) is 14.4 Å². The van der Waals surface area contributed by atoms with Crippen molar-refractivity contribution >= 4 is 23.5 Å². The van der Waals surface area contributed by atoms with E-state index < -0.39 is 12.1 Å². The zero-order chi connectivity index (χ0) is 15.1. The van der Waals surface area contributed by atoms with Gasteiger partial charge in [-0.3, -0.25) is 9.59 Å². The second-order valence-corrected chi connectivity index (χ2v) is 4.03. The zero-order valence-electron chi connectivity index (χ0n) is 11.5. The molecule has 0 spiro atoms. The topological polar surface area (TPSA) is 84.9 Å². The molecule has 0 radical (unpaired) electrons. The number of ketones is 1. The van der Waals surface area contributed by atoms with Crippen molar-refractivity contribution in [3.63, 3.8) is 0 Å². The molecule has 0 atom stereocenters. The van der Waals surface area contributed by atoms with E-state index in [1.807, 2.05) is 0 Å². The molecule has 0 aromatic heterocycles. The largest absolute Gasteiger partial charge is 0.448 e. The maximum Gasteiger partial charge on any atom is 0.448 e. The second-order valence-electron chi connectivity index (χ2n) is 4.03. The first kappa shape index (κ1) is 15.5. The van der Waals surface area contributed by atoms with Gasteiger partial charge in [-0.1, -0.05) is 0 Å². The van der Waals surface area contributed by atoms with Gasteiger partial charge in [0.2, 0.25) is 0 Å². The van der Waals surface area contributed by atoms with Crippen LogP contribution in [-0.2, 0) is 14.4 Å². The third-order valence-corrected chi connectivity index (χ3v) is 2.12. The number of nitrogens with one attached hydrogen (secondary N) is 1. The lowest BCUT2D eigenvalue weighted by Crippen LogP contribution is -2.31. The summed E-state index contributed by atoms with van der Waals surface area (Å²) in [7, 11) is 1.27. The number of benzene rings is 1. The molecule has 7 heteroatoms. The normalized spacial score (nSPS) is 9.55. The molecule has 7 nitrogen and oxygen atoms in total. The molecule has 1 aromatic rings. The van der Waals surface area contributed by atoms with Gasteiger partial charge in [0.15, 0.2) is 0 Å². The predicted molar refractivity (Wildman–Crippen MR) is 71.2 cm³/mol. The van der Waals surface area contributed by atoms with E-state index in [-0.39, 0.29) is 12.3 Å². The lowest BCUT2D eigenvalue weighted by atomic mass is 10.3. The van der Waals surface area contributed by atoms with Crippen LogP contribution in [0.5, 0.6) is 5.75 Å². The number of anilines is 1. The molecular weight excluding hydrogens is 264 g/mol. The van der Waals surface area contributed by atoms with E-state index in [1.54, 1.807) is 24.3 Å². The minimum Gasteiger partial charge on any atom is -0.408 e. The lowest BCUT2D eigenvalue weighted by Gasteiger charge is -2.14. The van der Waals surface area contributed by atoms with E-state index in [0.717, 1.165) is 5.69 Å². The van der Waals surface area contributed by atoms with Crippen molar-refractivity contribution < 1.29 is 24.0 Å². The van der Waals surface area contributed by atoms with E-state index in [0.29, 0.717) is 10.8 Å². The third kappa shape index (κ3) is 5.38. The van der Waals surface area contributed by atoms with E-state index in [4.69, 9.17) is 4.74 Å². The van der Waals surface area contributed by atoms with Gasteiger partial charge in [0.1, 0.15) is 11.5 Å². The summed E-state index contributed by atoms with van der Waals surface area (Å²) in [6, 6.07) is 6.44. The number of hydrogen-bond donors (Lipinski definition) is 1. The molecule has 1 rings (SSSR count). The van der Waals surface area contributed by atoms with Crippen LogP contribution >= 0.6 is 0 Å². The number of carbonyl (C=O) groups excluding carboxylic acids is 3. The summed E-state index contributed by atoms with van der Waals surface area (Å²) in [5, 5.41) is 3.60. The molecule has 0 saturated carbocycles. The first-order chi connectivity index (χ1) is 9.38. The third-order valence-electron chi connectivity index (χ3n) is 2.12. The maximum absolute atomic E-state index is 11.5. The van der Waals surface area contributed by atoms with E-state index in [2.05, 4.69) is 10.2 Å². The van der Waals surface area contributed by atoms with Crippen LogP contribution in [0, 0.1) is 0 Å². The van der Waals surface area contributed by atoms with Crippen LogP contribution in [0.2, 0.25) is 0 Å². The maximum atomic E-state index is 11.5. The Bertz CT molecular complexity index is 498. The van der Waals surface area contributed by atoms with Crippen molar-refractivity contribution in [1.29, 1.82) is 0 Å². The monoisotopic (exact) mass is 280 g/mol. The highest BCUT2D eigenvalue weighted by Crippen LogP contribution is 2.16. The van der Waals surface area contributed by atoms with Crippen molar-refractivity contribution in [2.75, 3.05) is 18.9 Å². The van der Waals surface area contributed by atoms with Gasteiger partial charge < -0.3 is 14.9 Å². The number of ether oxygens (including phenoxy) is 1. The van der Waals surface area contributed by atoms with Crippen LogP contribution in [0.25, 0.3) is 0 Å². The van der Waals surface area contributed by atoms with Crippen molar-refractivity contribution in [3.8, 4) is 5.75 Å². The summed E-state index contributed by atoms with van der Waals surface area (Å²) in [4.78, 5) is 37.5. The number of nitrogens with zero attached hydrogens (tertiary/aromatic N) is 1. The molecule has 0 unspecified atom stereocenters. The quantitative estimate of drug-likeness (QED) is 0.843. The highest BCUT2D eigenvalue weighted by Gasteiger charge is 2.14. The molecule has 0 heterocycles. The Labute approximate surface area is 116 Å². The molecule has 1 aromatic carbocycles. The summed E-state index contributed by atoms with van der Waals surface area (Å²) in [6.45, 7) is 2.89. The second kappa shape index (κ2) is 7.13. The van der Waals surface area contributed by atoms with Gasteiger partial charge in [-0.25, -0.2) is 4.79 Å². The van der Waals surface area contributed by atoms with Crippen LogP contribution in [0.15, 0.2) is 24.3 Å². The fraction of sp³-hybridized carbons (Fsp3) is 0.308. The van der Waals surface area contributed by atoms with E-state index in [1.165, 1.54) is 20.9 Å². The Morgan fingerprint density at radius 3 is 2.25 bits per heavy atom. The molecule has 0 aliphatic rings. The summed E-state index contributed by atoms with van der Waals surface area (Å²) in [5.74, 6) is -0.306. The molecule has 0 fully saturated rings. The van der Waals surface area contributed by atoms with Crippen molar-refractivity contribution in [3.05, 3.63) is 24.3 Å². The van der Waals surface area contributed by atoms with Crippen LogP contribution in [0.3, 0.4) is 0 Å². The molecule has 0 saturated heterocycles. The summed E-state index contributed by atoms with van der Waals surface area (Å²) in [5.41, 5.74) is 0.730. The highest BCUT2D eigenvalue weighted by atomic mass is 16.7. The van der Waals surface area contributed by atoms with Gasteiger partial charge in [0.25, 0.3) is 0 Å². The molecular formula is C13H16N2O5. The Morgan fingerprint density at radius 2 is 1.75 bits per heavy atom. The van der Waals surface area contributed by atoms with Crippen LogP contribution < -0.4 is 10.1 Å². The zero-order valence-corrected chi connectivity index (χ0v) is 11.5. The number of hydroxylamine groups is 2. The molecule has 108 valence electrons. The van der Waals surface area contributed by atoms with Gasteiger partial charge in [-0.2, -0.15) is 0 Å². The molecule has 0 aliphatic carbocycles. The molecule has 20 heavy (non-hydrogen) atoms. The SMILES string of the molecule is CC(=O)CNc1ccc(OC(=O)N(C)OC(C)=O)cc1. The van der Waals surface area contributed by atoms with E-state index >= 15 is 0 Å².